The second-order valence-electron chi connectivity index (χ2n) is 5.50. The molecular weight excluding hydrogens is 228 g/mol. The van der Waals surface area contributed by atoms with E-state index in [-0.39, 0.29) is 24.0 Å². The number of hydrogen-bond acceptors (Lipinski definition) is 3. The van der Waals surface area contributed by atoms with Crippen molar-refractivity contribution >= 4 is 5.91 Å². The van der Waals surface area contributed by atoms with E-state index in [0.717, 1.165) is 38.8 Å². The van der Waals surface area contributed by atoms with Crippen molar-refractivity contribution in [1.29, 1.82) is 0 Å². The van der Waals surface area contributed by atoms with E-state index in [1.165, 1.54) is 0 Å². The molecule has 4 heteroatoms. The van der Waals surface area contributed by atoms with Gasteiger partial charge >= 0.3 is 0 Å². The molecule has 0 aliphatic carbocycles. The number of amides is 1. The summed E-state index contributed by atoms with van der Waals surface area (Å²) in [5.41, 5.74) is -0.0838. The first kappa shape index (κ1) is 15.4. The fourth-order valence-electron chi connectivity index (χ4n) is 2.45. The van der Waals surface area contributed by atoms with E-state index in [1.54, 1.807) is 0 Å². The molecule has 1 heterocycles. The number of aliphatic hydroxyl groups excluding tert-OH is 1. The number of nitrogens with one attached hydrogen (secondary N) is 1. The van der Waals surface area contributed by atoms with Crippen LogP contribution in [0.15, 0.2) is 0 Å². The molecule has 106 valence electrons. The Hall–Kier alpha value is -0.610. The number of likely N-dealkylation sites (tertiary alicyclic amines) is 1. The molecule has 0 aromatic rings. The minimum Gasteiger partial charge on any atom is -0.396 e. The third-order valence-corrected chi connectivity index (χ3v) is 4.41. The predicted molar refractivity (Wildman–Crippen MR) is 73.4 cm³/mol. The lowest BCUT2D eigenvalue weighted by Crippen LogP contribution is -2.48. The van der Waals surface area contributed by atoms with Gasteiger partial charge in [-0.2, -0.15) is 0 Å². The zero-order valence-electron chi connectivity index (χ0n) is 12.0. The molecule has 0 spiro atoms. The topological polar surface area (TPSA) is 52.6 Å². The smallest absolute Gasteiger partial charge is 0.239 e. The van der Waals surface area contributed by atoms with Crippen LogP contribution >= 0.6 is 0 Å². The second kappa shape index (κ2) is 7.10. The maximum Gasteiger partial charge on any atom is 0.239 e. The molecule has 1 aliphatic heterocycles. The van der Waals surface area contributed by atoms with Crippen LogP contribution in [0.5, 0.6) is 0 Å². The Morgan fingerprint density at radius 1 is 1.33 bits per heavy atom. The average molecular weight is 256 g/mol. The maximum atomic E-state index is 12.1. The molecule has 1 aliphatic rings. The van der Waals surface area contributed by atoms with Gasteiger partial charge in [0.15, 0.2) is 0 Å². The van der Waals surface area contributed by atoms with Gasteiger partial charge in [0.05, 0.1) is 6.04 Å². The standard InChI is InChI=1S/C14H28N2O2/c1-4-14(5-2,11-17)10-15-12(3)13(18)16-8-6-7-9-16/h12,15,17H,4-11H2,1-3H3. The molecule has 2 N–H and O–H groups in total. The number of carbonyl (C=O) groups excluding carboxylic acids is 1. The second-order valence-corrected chi connectivity index (χ2v) is 5.50. The van der Waals surface area contributed by atoms with Crippen molar-refractivity contribution < 1.29 is 9.90 Å². The zero-order chi connectivity index (χ0) is 13.6. The molecule has 1 saturated heterocycles. The third-order valence-electron chi connectivity index (χ3n) is 4.41. The molecule has 0 radical (unpaired) electrons. The number of nitrogens with zero attached hydrogens (tertiary/aromatic N) is 1. The summed E-state index contributed by atoms with van der Waals surface area (Å²) < 4.78 is 0. The summed E-state index contributed by atoms with van der Waals surface area (Å²) in [6.07, 6.45) is 4.11. The fourth-order valence-corrected chi connectivity index (χ4v) is 2.45. The van der Waals surface area contributed by atoms with Gasteiger partial charge in [-0.05, 0) is 32.6 Å². The molecule has 0 bridgehead atoms. The summed E-state index contributed by atoms with van der Waals surface area (Å²) >= 11 is 0. The van der Waals surface area contributed by atoms with E-state index in [9.17, 15) is 9.90 Å². The molecule has 1 atom stereocenters. The van der Waals surface area contributed by atoms with Gasteiger partial charge in [0.25, 0.3) is 0 Å². The highest BCUT2D eigenvalue weighted by atomic mass is 16.3. The van der Waals surface area contributed by atoms with Crippen molar-refractivity contribution in [1.82, 2.24) is 10.2 Å². The molecular formula is C14H28N2O2. The van der Waals surface area contributed by atoms with Crippen LogP contribution in [-0.4, -0.2) is 48.2 Å². The van der Waals surface area contributed by atoms with Crippen LogP contribution in [0.4, 0.5) is 0 Å². The van der Waals surface area contributed by atoms with Crippen LogP contribution in [0.2, 0.25) is 0 Å². The number of rotatable bonds is 7. The van der Waals surface area contributed by atoms with Crippen molar-refractivity contribution in [2.45, 2.75) is 52.5 Å². The van der Waals surface area contributed by atoms with Crippen molar-refractivity contribution in [2.24, 2.45) is 5.41 Å². The highest BCUT2D eigenvalue weighted by Gasteiger charge is 2.28. The first-order valence-corrected chi connectivity index (χ1v) is 7.21. The molecule has 4 nitrogen and oxygen atoms in total. The summed E-state index contributed by atoms with van der Waals surface area (Å²) in [6, 6.07) is -0.146. The van der Waals surface area contributed by atoms with Gasteiger partial charge < -0.3 is 15.3 Å². The highest BCUT2D eigenvalue weighted by molar-refractivity contribution is 5.81. The molecule has 1 rings (SSSR count). The average Bonchev–Trinajstić information content (AvgIpc) is 2.93. The van der Waals surface area contributed by atoms with E-state index in [2.05, 4.69) is 19.2 Å². The van der Waals surface area contributed by atoms with Crippen molar-refractivity contribution in [3.8, 4) is 0 Å². The summed E-state index contributed by atoms with van der Waals surface area (Å²) in [6.45, 7) is 8.79. The van der Waals surface area contributed by atoms with Crippen LogP contribution in [-0.2, 0) is 4.79 Å². The van der Waals surface area contributed by atoms with E-state index in [1.807, 2.05) is 11.8 Å². The zero-order valence-corrected chi connectivity index (χ0v) is 12.0. The van der Waals surface area contributed by atoms with Crippen LogP contribution in [0.25, 0.3) is 0 Å². The van der Waals surface area contributed by atoms with E-state index in [0.29, 0.717) is 6.54 Å². The van der Waals surface area contributed by atoms with Gasteiger partial charge in [0.2, 0.25) is 5.91 Å². The summed E-state index contributed by atoms with van der Waals surface area (Å²) in [4.78, 5) is 14.1. The Morgan fingerprint density at radius 3 is 2.33 bits per heavy atom. The number of hydrogen-bond donors (Lipinski definition) is 2. The molecule has 0 aromatic carbocycles. The summed E-state index contributed by atoms with van der Waals surface area (Å²) in [5, 5.41) is 12.8. The Kier molecular flexibility index (Phi) is 6.09. The number of carbonyl (C=O) groups is 1. The first-order valence-electron chi connectivity index (χ1n) is 7.21. The molecule has 0 saturated carbocycles. The molecule has 0 aromatic heterocycles. The van der Waals surface area contributed by atoms with Gasteiger partial charge in [-0.15, -0.1) is 0 Å². The lowest BCUT2D eigenvalue weighted by molar-refractivity contribution is -0.132. The Bertz CT molecular complexity index is 250. The third kappa shape index (κ3) is 3.69. The van der Waals surface area contributed by atoms with Gasteiger partial charge in [-0.1, -0.05) is 13.8 Å². The minimum atomic E-state index is -0.146. The maximum absolute atomic E-state index is 12.1. The van der Waals surface area contributed by atoms with Gasteiger partial charge in [-0.3, -0.25) is 4.79 Å². The Morgan fingerprint density at radius 2 is 1.89 bits per heavy atom. The van der Waals surface area contributed by atoms with Gasteiger partial charge in [0.1, 0.15) is 0 Å². The normalized spacial score (nSPS) is 18.1. The Balaban J connectivity index is 2.43. The predicted octanol–water partition coefficient (Wildman–Crippen LogP) is 1.39. The summed E-state index contributed by atoms with van der Waals surface area (Å²) in [7, 11) is 0. The fraction of sp³-hybridized carbons (Fsp3) is 0.929. The van der Waals surface area contributed by atoms with Gasteiger partial charge in [-0.25, -0.2) is 0 Å². The van der Waals surface area contributed by atoms with Crippen molar-refractivity contribution in [3.05, 3.63) is 0 Å². The lowest BCUT2D eigenvalue weighted by atomic mass is 9.83. The summed E-state index contributed by atoms with van der Waals surface area (Å²) in [5.74, 6) is 0.201. The van der Waals surface area contributed by atoms with Crippen molar-refractivity contribution in [3.63, 3.8) is 0 Å². The molecule has 1 amide bonds. The quantitative estimate of drug-likeness (QED) is 0.723. The van der Waals surface area contributed by atoms with E-state index in [4.69, 9.17) is 0 Å². The van der Waals surface area contributed by atoms with Crippen molar-refractivity contribution in [2.75, 3.05) is 26.2 Å². The van der Waals surface area contributed by atoms with Crippen LogP contribution in [0.1, 0.15) is 46.5 Å². The lowest BCUT2D eigenvalue weighted by Gasteiger charge is -2.31. The first-order chi connectivity index (χ1) is 8.58. The minimum absolute atomic E-state index is 0.0838. The van der Waals surface area contributed by atoms with E-state index >= 15 is 0 Å². The van der Waals surface area contributed by atoms with Crippen LogP contribution in [0.3, 0.4) is 0 Å². The number of aliphatic hydroxyl groups is 1. The van der Waals surface area contributed by atoms with Gasteiger partial charge in [0, 0.05) is 31.7 Å². The molecule has 18 heavy (non-hydrogen) atoms. The monoisotopic (exact) mass is 256 g/mol. The van der Waals surface area contributed by atoms with Crippen LogP contribution in [0, 0.1) is 5.41 Å². The Labute approximate surface area is 111 Å². The SMILES string of the molecule is CCC(CC)(CO)CNC(C)C(=O)N1CCCC1. The van der Waals surface area contributed by atoms with Crippen LogP contribution < -0.4 is 5.32 Å². The molecule has 1 fully saturated rings. The highest BCUT2D eigenvalue weighted by Crippen LogP contribution is 2.24. The molecule has 1 unspecified atom stereocenters. The largest absolute Gasteiger partial charge is 0.396 e. The van der Waals surface area contributed by atoms with E-state index < -0.39 is 0 Å².